The molecule has 3 aromatic carbocycles. The van der Waals surface area contributed by atoms with E-state index in [0.29, 0.717) is 27.1 Å². The van der Waals surface area contributed by atoms with Crippen molar-refractivity contribution in [2.45, 2.75) is 45.3 Å². The Morgan fingerprint density at radius 3 is 2.12 bits per heavy atom. The minimum atomic E-state index is -3.88. The molecule has 40 heavy (non-hydrogen) atoms. The van der Waals surface area contributed by atoms with E-state index in [1.165, 1.54) is 17.0 Å². The van der Waals surface area contributed by atoms with Gasteiger partial charge in [0.15, 0.2) is 0 Å². The number of halogens is 3. The van der Waals surface area contributed by atoms with Gasteiger partial charge in [-0.3, -0.25) is 13.9 Å². The Balaban J connectivity index is 2.08. The van der Waals surface area contributed by atoms with Crippen LogP contribution in [0.5, 0.6) is 0 Å². The number of nitrogens with zero attached hydrogens (tertiary/aromatic N) is 2. The summed E-state index contributed by atoms with van der Waals surface area (Å²) in [4.78, 5) is 29.1. The van der Waals surface area contributed by atoms with Crippen molar-refractivity contribution in [1.29, 1.82) is 0 Å². The van der Waals surface area contributed by atoms with E-state index in [2.05, 4.69) is 5.32 Å². The van der Waals surface area contributed by atoms with E-state index in [9.17, 15) is 18.0 Å². The quantitative estimate of drug-likeness (QED) is 0.269. The van der Waals surface area contributed by atoms with Gasteiger partial charge in [-0.1, -0.05) is 78.1 Å². The monoisotopic (exact) mass is 623 g/mol. The summed E-state index contributed by atoms with van der Waals surface area (Å²) in [5.41, 5.74) is 1.67. The fourth-order valence-corrected chi connectivity index (χ4v) is 5.49. The minimum Gasteiger partial charge on any atom is -0.352 e. The average Bonchev–Trinajstić information content (AvgIpc) is 2.90. The van der Waals surface area contributed by atoms with Crippen molar-refractivity contribution < 1.29 is 18.0 Å². The van der Waals surface area contributed by atoms with Crippen molar-refractivity contribution in [2.75, 3.05) is 17.1 Å². The van der Waals surface area contributed by atoms with Gasteiger partial charge < -0.3 is 10.2 Å². The molecular weight excluding hydrogens is 593 g/mol. The van der Waals surface area contributed by atoms with Crippen LogP contribution in [0.2, 0.25) is 15.1 Å². The number of rotatable bonds is 12. The maximum absolute atomic E-state index is 14.1. The first kappa shape index (κ1) is 31.7. The molecule has 2 amide bonds. The molecule has 0 aromatic heterocycles. The largest absolute Gasteiger partial charge is 0.352 e. The summed E-state index contributed by atoms with van der Waals surface area (Å²) in [6, 6.07) is 19.3. The van der Waals surface area contributed by atoms with E-state index in [4.69, 9.17) is 34.8 Å². The molecule has 1 N–H and O–H groups in total. The molecule has 214 valence electrons. The lowest BCUT2D eigenvalue weighted by Gasteiger charge is -2.34. The number of benzene rings is 3. The van der Waals surface area contributed by atoms with Crippen molar-refractivity contribution in [2.24, 2.45) is 0 Å². The number of hydrogen-bond acceptors (Lipinski definition) is 4. The highest BCUT2D eigenvalue weighted by atomic mass is 35.5. The molecule has 3 rings (SSSR count). The van der Waals surface area contributed by atoms with Gasteiger partial charge in [-0.15, -0.1) is 0 Å². The van der Waals surface area contributed by atoms with E-state index in [-0.39, 0.29) is 30.6 Å². The number of nitrogens with one attached hydrogen (secondary N) is 1. The molecule has 0 bridgehead atoms. The SMILES string of the molecule is CC[C@H](C)NC(=O)[C@H](Cc1ccccc1)N(Cc1ccc(Cl)cc1Cl)C(=O)CN(c1ccc(Cl)cc1)S(C)(=O)=O. The van der Waals surface area contributed by atoms with E-state index in [1.807, 2.05) is 44.2 Å². The zero-order valence-corrected chi connectivity index (χ0v) is 25.6. The third-order valence-electron chi connectivity index (χ3n) is 6.42. The van der Waals surface area contributed by atoms with Gasteiger partial charge in [0.05, 0.1) is 11.9 Å². The molecule has 7 nitrogen and oxygen atoms in total. The minimum absolute atomic E-state index is 0.0432. The van der Waals surface area contributed by atoms with E-state index < -0.39 is 28.5 Å². The van der Waals surface area contributed by atoms with Crippen LogP contribution in [-0.2, 0) is 32.6 Å². The first-order valence-electron chi connectivity index (χ1n) is 12.7. The summed E-state index contributed by atoms with van der Waals surface area (Å²) in [6.07, 6.45) is 1.92. The summed E-state index contributed by atoms with van der Waals surface area (Å²) in [7, 11) is -3.88. The Kier molecular flexibility index (Phi) is 11.3. The molecule has 11 heteroatoms. The van der Waals surface area contributed by atoms with Crippen LogP contribution in [0.4, 0.5) is 5.69 Å². The van der Waals surface area contributed by atoms with Crippen molar-refractivity contribution in [3.8, 4) is 0 Å². The summed E-state index contributed by atoms with van der Waals surface area (Å²) >= 11 is 18.6. The maximum atomic E-state index is 14.1. The average molecular weight is 625 g/mol. The Morgan fingerprint density at radius 2 is 1.55 bits per heavy atom. The number of carbonyl (C=O) groups is 2. The van der Waals surface area contributed by atoms with Gasteiger partial charge in [-0.2, -0.15) is 0 Å². The molecule has 0 radical (unpaired) electrons. The molecule has 0 saturated heterocycles. The number of sulfonamides is 1. The molecule has 0 saturated carbocycles. The zero-order chi connectivity index (χ0) is 29.4. The molecule has 0 heterocycles. The fraction of sp³-hybridized carbons (Fsp3) is 0.310. The predicted octanol–water partition coefficient (Wildman–Crippen LogP) is 5.97. The molecule has 0 aliphatic carbocycles. The number of carbonyl (C=O) groups excluding carboxylic acids is 2. The highest BCUT2D eigenvalue weighted by molar-refractivity contribution is 7.92. The van der Waals surface area contributed by atoms with E-state index >= 15 is 0 Å². The number of hydrogen-bond donors (Lipinski definition) is 1. The van der Waals surface area contributed by atoms with Crippen LogP contribution in [0.25, 0.3) is 0 Å². The van der Waals surface area contributed by atoms with Crippen molar-refractivity contribution in [3.63, 3.8) is 0 Å². The molecule has 3 aromatic rings. The van der Waals surface area contributed by atoms with Gasteiger partial charge in [-0.25, -0.2) is 8.42 Å². The molecule has 0 unspecified atom stereocenters. The summed E-state index contributed by atoms with van der Waals surface area (Å²) in [5.74, 6) is -0.930. The highest BCUT2D eigenvalue weighted by Crippen LogP contribution is 2.26. The Bertz CT molecular complexity index is 1420. The van der Waals surface area contributed by atoms with Crippen molar-refractivity contribution in [1.82, 2.24) is 10.2 Å². The van der Waals surface area contributed by atoms with Crippen LogP contribution in [-0.4, -0.2) is 50.0 Å². The molecule has 0 aliphatic rings. The Hall–Kier alpha value is -2.78. The predicted molar refractivity (Wildman–Crippen MR) is 162 cm³/mol. The summed E-state index contributed by atoms with van der Waals surface area (Å²) in [5, 5.41) is 4.15. The number of amides is 2. The molecule has 2 atom stereocenters. The third-order valence-corrected chi connectivity index (χ3v) is 8.40. The van der Waals surface area contributed by atoms with Crippen LogP contribution in [0.3, 0.4) is 0 Å². The van der Waals surface area contributed by atoms with Crippen LogP contribution in [0.1, 0.15) is 31.4 Å². The van der Waals surface area contributed by atoms with E-state index in [1.54, 1.807) is 30.3 Å². The standard InChI is InChI=1S/C29H32Cl3N3O4S/c1-4-20(2)33-29(37)27(16-21-8-6-5-7-9-21)34(18-22-10-11-24(31)17-26(22)32)28(36)19-35(40(3,38)39)25-14-12-23(30)13-15-25/h5-15,17,20,27H,4,16,18-19H2,1-3H3,(H,33,37)/t20-,27-/m0/s1. The molecule has 0 spiro atoms. The second-order valence-electron chi connectivity index (χ2n) is 9.53. The second kappa shape index (κ2) is 14.2. The Morgan fingerprint density at radius 1 is 0.925 bits per heavy atom. The molecule has 0 fully saturated rings. The zero-order valence-electron chi connectivity index (χ0n) is 22.5. The van der Waals surface area contributed by atoms with Crippen LogP contribution < -0.4 is 9.62 Å². The second-order valence-corrected chi connectivity index (χ2v) is 12.7. The Labute approximate surface area is 251 Å². The van der Waals surface area contributed by atoms with E-state index in [0.717, 1.165) is 16.1 Å². The van der Waals surface area contributed by atoms with Crippen molar-refractivity contribution in [3.05, 3.63) is 99.0 Å². The van der Waals surface area contributed by atoms with Crippen LogP contribution in [0.15, 0.2) is 72.8 Å². The fourth-order valence-electron chi connectivity index (χ4n) is 4.05. The van der Waals surface area contributed by atoms with Crippen LogP contribution >= 0.6 is 34.8 Å². The lowest BCUT2D eigenvalue weighted by Crippen LogP contribution is -2.54. The van der Waals surface area contributed by atoms with Gasteiger partial charge in [0, 0.05) is 34.1 Å². The number of anilines is 1. The third kappa shape index (κ3) is 8.86. The van der Waals surface area contributed by atoms with Crippen molar-refractivity contribution >= 4 is 62.3 Å². The molecule has 0 aliphatic heterocycles. The maximum Gasteiger partial charge on any atom is 0.244 e. The molecular formula is C29H32Cl3N3O4S. The first-order chi connectivity index (χ1) is 18.9. The topological polar surface area (TPSA) is 86.8 Å². The van der Waals surface area contributed by atoms with Crippen LogP contribution in [0, 0.1) is 0 Å². The van der Waals surface area contributed by atoms with Gasteiger partial charge in [0.25, 0.3) is 0 Å². The smallest absolute Gasteiger partial charge is 0.244 e. The van der Waals surface area contributed by atoms with Gasteiger partial charge >= 0.3 is 0 Å². The summed E-state index contributed by atoms with van der Waals surface area (Å²) in [6.45, 7) is 3.25. The lowest BCUT2D eigenvalue weighted by molar-refractivity contribution is -0.140. The lowest BCUT2D eigenvalue weighted by atomic mass is 10.0. The highest BCUT2D eigenvalue weighted by Gasteiger charge is 2.33. The van der Waals surface area contributed by atoms with Gasteiger partial charge in [0.1, 0.15) is 12.6 Å². The normalized spacial score (nSPS) is 12.8. The van der Waals surface area contributed by atoms with Gasteiger partial charge in [0.2, 0.25) is 21.8 Å². The van der Waals surface area contributed by atoms with Gasteiger partial charge in [-0.05, 0) is 60.9 Å². The first-order valence-corrected chi connectivity index (χ1v) is 15.7. The summed E-state index contributed by atoms with van der Waals surface area (Å²) < 4.78 is 26.6.